The molecule has 0 aliphatic heterocycles. The van der Waals surface area contributed by atoms with Crippen LogP contribution in [0, 0.1) is 17.2 Å². The zero-order chi connectivity index (χ0) is 14.5. The summed E-state index contributed by atoms with van der Waals surface area (Å²) >= 11 is 0. The van der Waals surface area contributed by atoms with E-state index in [0.717, 1.165) is 19.3 Å². The zero-order valence-electron chi connectivity index (χ0n) is 11.4. The summed E-state index contributed by atoms with van der Waals surface area (Å²) in [7, 11) is 1.58. The molecule has 106 valence electrons. The standard InChI is InChI=1S/C15H18N2O3/c1-20-13-6-5-11(9-16)14(8-13)17-12-4-2-3-10(7-12)15(18)19/h5-6,8,10,12,17H,2-4,7H2,1H3,(H,18,19). The van der Waals surface area contributed by atoms with Gasteiger partial charge in [0.05, 0.1) is 24.3 Å². The maximum Gasteiger partial charge on any atom is 0.306 e. The first kappa shape index (κ1) is 14.2. The number of nitriles is 1. The van der Waals surface area contributed by atoms with E-state index < -0.39 is 5.97 Å². The number of hydrogen-bond acceptors (Lipinski definition) is 4. The first-order valence-electron chi connectivity index (χ1n) is 6.71. The molecule has 0 bridgehead atoms. The minimum absolute atomic E-state index is 0.0871. The van der Waals surface area contributed by atoms with Crippen molar-refractivity contribution in [3.63, 3.8) is 0 Å². The number of hydrogen-bond donors (Lipinski definition) is 2. The van der Waals surface area contributed by atoms with Crippen LogP contribution in [0.25, 0.3) is 0 Å². The van der Waals surface area contributed by atoms with Crippen molar-refractivity contribution in [2.45, 2.75) is 31.7 Å². The van der Waals surface area contributed by atoms with Gasteiger partial charge in [-0.2, -0.15) is 5.26 Å². The molecule has 0 spiro atoms. The van der Waals surface area contributed by atoms with Gasteiger partial charge >= 0.3 is 5.97 Å². The van der Waals surface area contributed by atoms with Gasteiger partial charge in [-0.1, -0.05) is 6.42 Å². The molecule has 5 nitrogen and oxygen atoms in total. The number of ether oxygens (including phenoxy) is 1. The van der Waals surface area contributed by atoms with Crippen molar-refractivity contribution in [1.82, 2.24) is 0 Å². The summed E-state index contributed by atoms with van der Waals surface area (Å²) in [6.07, 6.45) is 3.14. The van der Waals surface area contributed by atoms with E-state index in [1.165, 1.54) is 0 Å². The molecule has 1 saturated carbocycles. The minimum Gasteiger partial charge on any atom is -0.497 e. The van der Waals surface area contributed by atoms with Crippen molar-refractivity contribution >= 4 is 11.7 Å². The van der Waals surface area contributed by atoms with Crippen LogP contribution in [0.4, 0.5) is 5.69 Å². The summed E-state index contributed by atoms with van der Waals surface area (Å²) in [4.78, 5) is 11.1. The largest absolute Gasteiger partial charge is 0.497 e. The molecule has 0 aromatic heterocycles. The Bertz CT molecular complexity index is 536. The molecule has 1 aliphatic carbocycles. The average Bonchev–Trinajstić information content (AvgIpc) is 2.47. The number of carboxylic acids is 1. The molecule has 1 aliphatic rings. The fourth-order valence-corrected chi connectivity index (χ4v) is 2.63. The highest BCUT2D eigenvalue weighted by molar-refractivity contribution is 5.70. The van der Waals surface area contributed by atoms with Crippen LogP contribution in [-0.2, 0) is 4.79 Å². The van der Waals surface area contributed by atoms with E-state index >= 15 is 0 Å². The summed E-state index contributed by atoms with van der Waals surface area (Å²) in [6, 6.07) is 7.45. The second-order valence-electron chi connectivity index (χ2n) is 5.07. The molecule has 0 heterocycles. The highest BCUT2D eigenvalue weighted by Gasteiger charge is 2.27. The summed E-state index contributed by atoms with van der Waals surface area (Å²) in [5.74, 6) is -0.350. The molecule has 1 fully saturated rings. The summed E-state index contributed by atoms with van der Waals surface area (Å²) in [5, 5.41) is 21.5. The highest BCUT2D eigenvalue weighted by Crippen LogP contribution is 2.29. The normalized spacial score (nSPS) is 21.8. The van der Waals surface area contributed by atoms with Crippen LogP contribution in [-0.4, -0.2) is 24.2 Å². The van der Waals surface area contributed by atoms with Crippen LogP contribution in [0.3, 0.4) is 0 Å². The van der Waals surface area contributed by atoms with E-state index in [-0.39, 0.29) is 12.0 Å². The molecule has 2 rings (SSSR count). The number of nitrogens with one attached hydrogen (secondary N) is 1. The summed E-state index contributed by atoms with van der Waals surface area (Å²) < 4.78 is 5.16. The number of aliphatic carboxylic acids is 1. The first-order chi connectivity index (χ1) is 9.63. The second-order valence-corrected chi connectivity index (χ2v) is 5.07. The predicted molar refractivity (Wildman–Crippen MR) is 74.7 cm³/mol. The topological polar surface area (TPSA) is 82.3 Å². The number of methoxy groups -OCH3 is 1. The number of carbonyl (C=O) groups is 1. The third-order valence-corrected chi connectivity index (χ3v) is 3.73. The van der Waals surface area contributed by atoms with Crippen molar-refractivity contribution in [1.29, 1.82) is 5.26 Å². The number of anilines is 1. The molecule has 0 amide bonds. The number of benzene rings is 1. The highest BCUT2D eigenvalue weighted by atomic mass is 16.5. The van der Waals surface area contributed by atoms with Crippen molar-refractivity contribution in [2.24, 2.45) is 5.92 Å². The lowest BCUT2D eigenvalue weighted by atomic mass is 9.85. The lowest BCUT2D eigenvalue weighted by molar-refractivity contribution is -0.142. The van der Waals surface area contributed by atoms with E-state index in [1.807, 2.05) is 0 Å². The third kappa shape index (κ3) is 3.21. The fourth-order valence-electron chi connectivity index (χ4n) is 2.63. The minimum atomic E-state index is -0.734. The van der Waals surface area contributed by atoms with E-state index in [2.05, 4.69) is 11.4 Å². The lowest BCUT2D eigenvalue weighted by Crippen LogP contribution is -2.31. The fraction of sp³-hybridized carbons (Fsp3) is 0.467. The molecule has 2 N–H and O–H groups in total. The van der Waals surface area contributed by atoms with Gasteiger partial charge in [-0.3, -0.25) is 4.79 Å². The quantitative estimate of drug-likeness (QED) is 0.882. The van der Waals surface area contributed by atoms with Crippen LogP contribution in [0.2, 0.25) is 0 Å². The monoisotopic (exact) mass is 274 g/mol. The van der Waals surface area contributed by atoms with Gasteiger partial charge in [-0.05, 0) is 31.4 Å². The molecule has 2 unspecified atom stereocenters. The number of carboxylic acid groups (broad SMARTS) is 1. The molecule has 0 saturated heterocycles. The van der Waals surface area contributed by atoms with Crippen molar-refractivity contribution in [2.75, 3.05) is 12.4 Å². The van der Waals surface area contributed by atoms with E-state index in [4.69, 9.17) is 15.1 Å². The van der Waals surface area contributed by atoms with Gasteiger partial charge in [0, 0.05) is 12.1 Å². The van der Waals surface area contributed by atoms with Crippen LogP contribution in [0.5, 0.6) is 5.75 Å². The Labute approximate surface area is 118 Å². The molecule has 20 heavy (non-hydrogen) atoms. The van der Waals surface area contributed by atoms with Gasteiger partial charge in [0.15, 0.2) is 0 Å². The Morgan fingerprint density at radius 2 is 2.30 bits per heavy atom. The van der Waals surface area contributed by atoms with Gasteiger partial charge < -0.3 is 15.2 Å². The first-order valence-corrected chi connectivity index (χ1v) is 6.71. The van der Waals surface area contributed by atoms with Gasteiger partial charge in [0.25, 0.3) is 0 Å². The van der Waals surface area contributed by atoms with Gasteiger partial charge in [-0.25, -0.2) is 0 Å². The number of rotatable bonds is 4. The van der Waals surface area contributed by atoms with Crippen LogP contribution in [0.15, 0.2) is 18.2 Å². The molecule has 0 radical (unpaired) electrons. The summed E-state index contributed by atoms with van der Waals surface area (Å²) in [6.45, 7) is 0. The molecule has 1 aromatic rings. The summed E-state index contributed by atoms with van der Waals surface area (Å²) in [5.41, 5.74) is 1.26. The van der Waals surface area contributed by atoms with Crippen molar-refractivity contribution in [3.05, 3.63) is 23.8 Å². The molecular weight excluding hydrogens is 256 g/mol. The van der Waals surface area contributed by atoms with Gasteiger partial charge in [0.2, 0.25) is 0 Å². The second kappa shape index (κ2) is 6.29. The smallest absolute Gasteiger partial charge is 0.306 e. The van der Waals surface area contributed by atoms with E-state index in [0.29, 0.717) is 23.4 Å². The zero-order valence-corrected chi connectivity index (χ0v) is 11.4. The van der Waals surface area contributed by atoms with Crippen LogP contribution in [0.1, 0.15) is 31.2 Å². The maximum atomic E-state index is 11.1. The molecule has 5 heteroatoms. The Kier molecular flexibility index (Phi) is 4.46. The average molecular weight is 274 g/mol. The van der Waals surface area contributed by atoms with Crippen LogP contribution < -0.4 is 10.1 Å². The van der Waals surface area contributed by atoms with Crippen molar-refractivity contribution in [3.8, 4) is 11.8 Å². The Hall–Kier alpha value is -2.22. The third-order valence-electron chi connectivity index (χ3n) is 3.73. The SMILES string of the molecule is COc1ccc(C#N)c(NC2CCCC(C(=O)O)C2)c1. The van der Waals surface area contributed by atoms with Gasteiger partial charge in [0.1, 0.15) is 11.8 Å². The molecular formula is C15H18N2O3. The van der Waals surface area contributed by atoms with Crippen molar-refractivity contribution < 1.29 is 14.6 Å². The van der Waals surface area contributed by atoms with Gasteiger partial charge in [-0.15, -0.1) is 0 Å². The lowest BCUT2D eigenvalue weighted by Gasteiger charge is -2.28. The Balaban J connectivity index is 2.13. The molecule has 1 aromatic carbocycles. The molecule has 2 atom stereocenters. The predicted octanol–water partition coefficient (Wildman–Crippen LogP) is 2.62. The Morgan fingerprint density at radius 3 is 2.95 bits per heavy atom. The maximum absolute atomic E-state index is 11.1. The number of nitrogens with zero attached hydrogens (tertiary/aromatic N) is 1. The Morgan fingerprint density at radius 1 is 1.50 bits per heavy atom. The van der Waals surface area contributed by atoms with Crippen LogP contribution >= 0.6 is 0 Å². The van der Waals surface area contributed by atoms with E-state index in [1.54, 1.807) is 25.3 Å². The van der Waals surface area contributed by atoms with E-state index in [9.17, 15) is 4.79 Å².